The fraction of sp³-hybridized carbons (Fsp3) is 0.733. The van der Waals surface area contributed by atoms with Crippen LogP contribution in [0.25, 0.3) is 0 Å². The fourth-order valence-electron chi connectivity index (χ4n) is 3.06. The first-order valence-corrected chi connectivity index (χ1v) is 7.43. The standard InChI is InChI=1S/C15H25N3O/c1-3-18-12(9-11(2)17-18)10-15(19)13-7-5-4-6-8-14(13)16/h9,13-14H,3-8,10,16H2,1-2H3. The highest BCUT2D eigenvalue weighted by molar-refractivity contribution is 5.83. The Kier molecular flexibility index (Phi) is 4.75. The summed E-state index contributed by atoms with van der Waals surface area (Å²) in [5.74, 6) is 0.340. The molecule has 4 heteroatoms. The van der Waals surface area contributed by atoms with Gasteiger partial charge in [-0.05, 0) is 32.8 Å². The summed E-state index contributed by atoms with van der Waals surface area (Å²) in [5, 5.41) is 4.40. The Morgan fingerprint density at radius 1 is 1.42 bits per heavy atom. The van der Waals surface area contributed by atoms with Crippen molar-refractivity contribution in [3.05, 3.63) is 17.5 Å². The first-order chi connectivity index (χ1) is 9.11. The maximum absolute atomic E-state index is 12.5. The van der Waals surface area contributed by atoms with Crippen molar-refractivity contribution in [1.29, 1.82) is 0 Å². The Labute approximate surface area is 115 Å². The van der Waals surface area contributed by atoms with Crippen LogP contribution in [0.15, 0.2) is 6.07 Å². The summed E-state index contributed by atoms with van der Waals surface area (Å²) in [6.07, 6.45) is 5.94. The van der Waals surface area contributed by atoms with E-state index < -0.39 is 0 Å². The van der Waals surface area contributed by atoms with Crippen LogP contribution in [0.5, 0.6) is 0 Å². The van der Waals surface area contributed by atoms with Crippen LogP contribution in [0.2, 0.25) is 0 Å². The van der Waals surface area contributed by atoms with E-state index in [-0.39, 0.29) is 12.0 Å². The Bertz CT molecular complexity index is 439. The molecule has 0 spiro atoms. The molecule has 1 aliphatic carbocycles. The molecule has 1 aromatic heterocycles. The average Bonchev–Trinajstić information content (AvgIpc) is 2.58. The predicted molar refractivity (Wildman–Crippen MR) is 75.9 cm³/mol. The van der Waals surface area contributed by atoms with E-state index in [4.69, 9.17) is 5.73 Å². The Morgan fingerprint density at radius 2 is 2.16 bits per heavy atom. The molecule has 1 aromatic rings. The van der Waals surface area contributed by atoms with Gasteiger partial charge in [-0.25, -0.2) is 0 Å². The van der Waals surface area contributed by atoms with Crippen LogP contribution in [0.1, 0.15) is 50.4 Å². The van der Waals surface area contributed by atoms with Crippen molar-refractivity contribution >= 4 is 5.78 Å². The molecular weight excluding hydrogens is 238 g/mol. The smallest absolute Gasteiger partial charge is 0.143 e. The third kappa shape index (κ3) is 3.44. The molecule has 0 bridgehead atoms. The molecule has 2 rings (SSSR count). The second-order valence-corrected chi connectivity index (χ2v) is 5.64. The van der Waals surface area contributed by atoms with Crippen molar-refractivity contribution in [2.75, 3.05) is 0 Å². The molecule has 1 heterocycles. The highest BCUT2D eigenvalue weighted by atomic mass is 16.1. The summed E-state index contributed by atoms with van der Waals surface area (Å²) in [6.45, 7) is 4.84. The molecule has 2 unspecified atom stereocenters. The summed E-state index contributed by atoms with van der Waals surface area (Å²) in [6, 6.07) is 2.07. The van der Waals surface area contributed by atoms with Gasteiger partial charge in [-0.15, -0.1) is 0 Å². The summed E-state index contributed by atoms with van der Waals surface area (Å²) >= 11 is 0. The number of carbonyl (C=O) groups excluding carboxylic acids is 1. The van der Waals surface area contributed by atoms with Crippen molar-refractivity contribution in [1.82, 2.24) is 9.78 Å². The van der Waals surface area contributed by atoms with Gasteiger partial charge >= 0.3 is 0 Å². The van der Waals surface area contributed by atoms with E-state index in [1.54, 1.807) is 0 Å². The maximum Gasteiger partial charge on any atom is 0.143 e. The van der Waals surface area contributed by atoms with Gasteiger partial charge in [0.1, 0.15) is 5.78 Å². The fourth-order valence-corrected chi connectivity index (χ4v) is 3.06. The van der Waals surface area contributed by atoms with Gasteiger partial charge in [0.05, 0.1) is 5.69 Å². The molecule has 4 nitrogen and oxygen atoms in total. The van der Waals surface area contributed by atoms with E-state index in [0.29, 0.717) is 12.2 Å². The average molecular weight is 263 g/mol. The molecule has 1 fully saturated rings. The van der Waals surface area contributed by atoms with E-state index in [9.17, 15) is 4.79 Å². The lowest BCUT2D eigenvalue weighted by molar-refractivity contribution is -0.123. The molecule has 1 aliphatic rings. The third-order valence-corrected chi connectivity index (χ3v) is 4.12. The lowest BCUT2D eigenvalue weighted by Gasteiger charge is -2.20. The van der Waals surface area contributed by atoms with Crippen molar-refractivity contribution in [3.63, 3.8) is 0 Å². The Hall–Kier alpha value is -1.16. The minimum Gasteiger partial charge on any atom is -0.327 e. The van der Waals surface area contributed by atoms with Gasteiger partial charge < -0.3 is 5.73 Å². The zero-order valence-corrected chi connectivity index (χ0v) is 12.1. The predicted octanol–water partition coefficient (Wildman–Crippen LogP) is 2.23. The SMILES string of the molecule is CCn1nc(C)cc1CC(=O)C1CCCCCC1N. The summed E-state index contributed by atoms with van der Waals surface area (Å²) in [5.41, 5.74) is 8.18. The van der Waals surface area contributed by atoms with Gasteiger partial charge in [-0.1, -0.05) is 19.3 Å². The molecule has 0 aliphatic heterocycles. The summed E-state index contributed by atoms with van der Waals surface area (Å²) < 4.78 is 1.93. The molecular formula is C15H25N3O. The quantitative estimate of drug-likeness (QED) is 0.847. The number of nitrogens with zero attached hydrogens (tertiary/aromatic N) is 2. The van der Waals surface area contributed by atoms with Gasteiger partial charge in [-0.3, -0.25) is 9.48 Å². The van der Waals surface area contributed by atoms with Gasteiger partial charge in [-0.2, -0.15) is 5.10 Å². The maximum atomic E-state index is 12.5. The highest BCUT2D eigenvalue weighted by Gasteiger charge is 2.27. The summed E-state index contributed by atoms with van der Waals surface area (Å²) in [4.78, 5) is 12.5. The molecule has 1 saturated carbocycles. The molecule has 2 atom stereocenters. The van der Waals surface area contributed by atoms with Gasteiger partial charge in [0.25, 0.3) is 0 Å². The molecule has 2 N–H and O–H groups in total. The molecule has 0 aromatic carbocycles. The monoisotopic (exact) mass is 263 g/mol. The van der Waals surface area contributed by atoms with Crippen LogP contribution in [-0.4, -0.2) is 21.6 Å². The van der Waals surface area contributed by atoms with E-state index in [2.05, 4.69) is 12.0 Å². The van der Waals surface area contributed by atoms with E-state index >= 15 is 0 Å². The number of rotatable bonds is 4. The molecule has 106 valence electrons. The van der Waals surface area contributed by atoms with Gasteiger partial charge in [0.15, 0.2) is 0 Å². The summed E-state index contributed by atoms with van der Waals surface area (Å²) in [7, 11) is 0. The van der Waals surface area contributed by atoms with Crippen LogP contribution in [0, 0.1) is 12.8 Å². The van der Waals surface area contributed by atoms with Gasteiger partial charge in [0, 0.05) is 30.6 Å². The van der Waals surface area contributed by atoms with Crippen LogP contribution >= 0.6 is 0 Å². The highest BCUT2D eigenvalue weighted by Crippen LogP contribution is 2.24. The molecule has 0 amide bonds. The number of Topliss-reactive ketones (excluding diaryl/α,β-unsaturated/α-hetero) is 1. The first kappa shape index (κ1) is 14.3. The van der Waals surface area contributed by atoms with Crippen molar-refractivity contribution in [3.8, 4) is 0 Å². The second kappa shape index (κ2) is 6.33. The number of hydrogen-bond donors (Lipinski definition) is 1. The minimum atomic E-state index is 0.0445. The lowest BCUT2D eigenvalue weighted by atomic mass is 9.89. The third-order valence-electron chi connectivity index (χ3n) is 4.12. The van der Waals surface area contributed by atoms with E-state index in [1.807, 2.05) is 17.7 Å². The number of hydrogen-bond acceptors (Lipinski definition) is 3. The first-order valence-electron chi connectivity index (χ1n) is 7.43. The topological polar surface area (TPSA) is 60.9 Å². The largest absolute Gasteiger partial charge is 0.327 e. The zero-order chi connectivity index (χ0) is 13.8. The second-order valence-electron chi connectivity index (χ2n) is 5.64. The molecule has 0 radical (unpaired) electrons. The number of aromatic nitrogens is 2. The van der Waals surface area contributed by atoms with Crippen molar-refractivity contribution < 1.29 is 4.79 Å². The number of ketones is 1. The van der Waals surface area contributed by atoms with Crippen LogP contribution in [-0.2, 0) is 17.8 Å². The lowest BCUT2D eigenvalue weighted by Crippen LogP contribution is -2.35. The van der Waals surface area contributed by atoms with E-state index in [1.165, 1.54) is 6.42 Å². The Balaban J connectivity index is 2.06. The molecule has 19 heavy (non-hydrogen) atoms. The Morgan fingerprint density at radius 3 is 2.89 bits per heavy atom. The zero-order valence-electron chi connectivity index (χ0n) is 12.1. The van der Waals surface area contributed by atoms with Crippen LogP contribution < -0.4 is 5.73 Å². The molecule has 0 saturated heterocycles. The van der Waals surface area contributed by atoms with E-state index in [0.717, 1.165) is 43.6 Å². The number of aryl methyl sites for hydroxylation is 2. The van der Waals surface area contributed by atoms with Gasteiger partial charge in [0.2, 0.25) is 0 Å². The minimum absolute atomic E-state index is 0.0445. The van der Waals surface area contributed by atoms with Crippen LogP contribution in [0.4, 0.5) is 0 Å². The van der Waals surface area contributed by atoms with Crippen LogP contribution in [0.3, 0.4) is 0 Å². The normalized spacial score (nSPS) is 24.2. The van der Waals surface area contributed by atoms with Crippen molar-refractivity contribution in [2.45, 2.75) is 65.0 Å². The number of nitrogens with two attached hydrogens (primary N) is 1. The number of carbonyl (C=O) groups is 1. The van der Waals surface area contributed by atoms with Crippen molar-refractivity contribution in [2.24, 2.45) is 11.7 Å².